The maximum atomic E-state index is 12.9. The Bertz CT molecular complexity index is 644. The largest absolute Gasteiger partial charge is 0.383 e. The maximum absolute atomic E-state index is 12.9. The molecule has 23 heavy (non-hydrogen) atoms. The lowest BCUT2D eigenvalue weighted by Gasteiger charge is -2.35. The van der Waals surface area contributed by atoms with E-state index in [1.54, 1.807) is 17.9 Å². The van der Waals surface area contributed by atoms with Gasteiger partial charge in [0, 0.05) is 31.4 Å². The number of benzene rings is 1. The van der Waals surface area contributed by atoms with Crippen molar-refractivity contribution in [1.29, 1.82) is 0 Å². The summed E-state index contributed by atoms with van der Waals surface area (Å²) in [5, 5.41) is 4.39. The second kappa shape index (κ2) is 7.66. The van der Waals surface area contributed by atoms with Gasteiger partial charge in [-0.25, -0.2) is 0 Å². The fourth-order valence-corrected chi connectivity index (χ4v) is 3.82. The number of thioether (sulfide) groups is 1. The molecule has 1 amide bonds. The highest BCUT2D eigenvalue weighted by Gasteiger charge is 2.30. The molecule has 1 aliphatic rings. The van der Waals surface area contributed by atoms with Gasteiger partial charge in [0.15, 0.2) is 0 Å². The van der Waals surface area contributed by atoms with Crippen LogP contribution in [-0.4, -0.2) is 52.4 Å². The molecule has 0 spiro atoms. The Hall–Kier alpha value is -1.79. The maximum Gasteiger partial charge on any atom is 0.274 e. The summed E-state index contributed by atoms with van der Waals surface area (Å²) in [4.78, 5) is 14.8. The van der Waals surface area contributed by atoms with Gasteiger partial charge in [0.2, 0.25) is 0 Å². The number of carbonyl (C=O) groups is 1. The number of hydrogen-bond donors (Lipinski definition) is 0. The molecular formula is C17H21N3O2S. The van der Waals surface area contributed by atoms with E-state index < -0.39 is 0 Å². The van der Waals surface area contributed by atoms with Gasteiger partial charge in [0.1, 0.15) is 5.69 Å². The van der Waals surface area contributed by atoms with E-state index in [1.165, 1.54) is 5.56 Å². The highest BCUT2D eigenvalue weighted by Crippen LogP contribution is 2.30. The van der Waals surface area contributed by atoms with E-state index in [0.717, 1.165) is 18.1 Å². The first kappa shape index (κ1) is 16.1. The van der Waals surface area contributed by atoms with Crippen molar-refractivity contribution < 1.29 is 9.53 Å². The fourth-order valence-electron chi connectivity index (χ4n) is 2.73. The molecule has 3 rings (SSSR count). The van der Waals surface area contributed by atoms with Crippen molar-refractivity contribution in [3.63, 3.8) is 0 Å². The molecular weight excluding hydrogens is 310 g/mol. The molecule has 0 radical (unpaired) electrons. The van der Waals surface area contributed by atoms with Gasteiger partial charge in [0.25, 0.3) is 5.91 Å². The molecule has 0 bridgehead atoms. The summed E-state index contributed by atoms with van der Waals surface area (Å²) in [5.41, 5.74) is 1.70. The van der Waals surface area contributed by atoms with Gasteiger partial charge in [-0.1, -0.05) is 30.3 Å². The summed E-state index contributed by atoms with van der Waals surface area (Å²) in [6.45, 7) is 2.00. The predicted molar refractivity (Wildman–Crippen MR) is 91.6 cm³/mol. The van der Waals surface area contributed by atoms with Gasteiger partial charge >= 0.3 is 0 Å². The molecule has 1 atom stereocenters. The molecule has 0 saturated carbocycles. The Labute approximate surface area is 140 Å². The summed E-state index contributed by atoms with van der Waals surface area (Å²) in [6, 6.07) is 12.1. The van der Waals surface area contributed by atoms with Crippen LogP contribution in [0.4, 0.5) is 0 Å². The van der Waals surface area contributed by atoms with E-state index >= 15 is 0 Å². The Morgan fingerprint density at radius 3 is 2.96 bits per heavy atom. The van der Waals surface area contributed by atoms with Crippen LogP contribution in [0.3, 0.4) is 0 Å². The summed E-state index contributed by atoms with van der Waals surface area (Å²) >= 11 is 1.89. The lowest BCUT2D eigenvalue weighted by molar-refractivity contribution is 0.0694. The number of methoxy groups -OCH3 is 1. The lowest BCUT2D eigenvalue weighted by Crippen LogP contribution is -2.41. The normalized spacial score (nSPS) is 18.1. The van der Waals surface area contributed by atoms with E-state index in [2.05, 4.69) is 17.2 Å². The van der Waals surface area contributed by atoms with Gasteiger partial charge < -0.3 is 9.64 Å². The molecule has 1 fully saturated rings. The molecule has 6 heteroatoms. The van der Waals surface area contributed by atoms with E-state index in [1.807, 2.05) is 41.1 Å². The number of ether oxygens (including phenoxy) is 1. The second-order valence-corrected chi connectivity index (χ2v) is 6.61. The van der Waals surface area contributed by atoms with E-state index in [9.17, 15) is 4.79 Å². The molecule has 1 saturated heterocycles. The zero-order valence-electron chi connectivity index (χ0n) is 13.2. The molecule has 2 aromatic rings. The van der Waals surface area contributed by atoms with Crippen molar-refractivity contribution in [3.05, 3.63) is 53.9 Å². The Morgan fingerprint density at radius 1 is 1.35 bits per heavy atom. The van der Waals surface area contributed by atoms with Gasteiger partial charge in [-0.2, -0.15) is 16.9 Å². The minimum absolute atomic E-state index is 0.00956. The second-order valence-electron chi connectivity index (χ2n) is 5.46. The Kier molecular flexibility index (Phi) is 5.35. The first-order chi connectivity index (χ1) is 11.3. The van der Waals surface area contributed by atoms with E-state index in [0.29, 0.717) is 18.8 Å². The fraction of sp³-hybridized carbons (Fsp3) is 0.412. The quantitative estimate of drug-likeness (QED) is 0.844. The smallest absolute Gasteiger partial charge is 0.274 e. The zero-order valence-corrected chi connectivity index (χ0v) is 14.0. The summed E-state index contributed by atoms with van der Waals surface area (Å²) in [5.74, 6) is 1.91. The average Bonchev–Trinajstić information content (AvgIpc) is 3.09. The third kappa shape index (κ3) is 3.76. The lowest BCUT2D eigenvalue weighted by atomic mass is 10.1. The number of carbonyl (C=O) groups excluding carboxylic acids is 1. The SMILES string of the molecule is COCCn1ccc(C(=O)N2CCSCC2c2ccccc2)n1. The van der Waals surface area contributed by atoms with Gasteiger partial charge in [-0.15, -0.1) is 0 Å². The van der Waals surface area contributed by atoms with Crippen molar-refractivity contribution in [2.24, 2.45) is 0 Å². The average molecular weight is 331 g/mol. The number of amides is 1. The molecule has 1 aromatic carbocycles. The topological polar surface area (TPSA) is 47.4 Å². The van der Waals surface area contributed by atoms with E-state index in [-0.39, 0.29) is 11.9 Å². The van der Waals surface area contributed by atoms with Crippen LogP contribution in [0.5, 0.6) is 0 Å². The number of rotatable bonds is 5. The predicted octanol–water partition coefficient (Wildman–Crippen LogP) is 2.46. The summed E-state index contributed by atoms with van der Waals surface area (Å²) in [6.07, 6.45) is 1.84. The monoisotopic (exact) mass is 331 g/mol. The van der Waals surface area contributed by atoms with Crippen LogP contribution in [0, 0.1) is 0 Å². The Morgan fingerprint density at radius 2 is 2.17 bits per heavy atom. The molecule has 2 heterocycles. The highest BCUT2D eigenvalue weighted by molar-refractivity contribution is 7.99. The minimum Gasteiger partial charge on any atom is -0.383 e. The number of aromatic nitrogens is 2. The molecule has 1 aromatic heterocycles. The first-order valence-corrected chi connectivity index (χ1v) is 8.91. The van der Waals surface area contributed by atoms with Gasteiger partial charge in [-0.05, 0) is 11.6 Å². The molecule has 0 N–H and O–H groups in total. The molecule has 0 aliphatic carbocycles. The molecule has 5 nitrogen and oxygen atoms in total. The van der Waals surface area contributed by atoms with Crippen molar-refractivity contribution in [3.8, 4) is 0 Å². The standard InChI is InChI=1S/C17H21N3O2S/c1-22-11-9-19-8-7-15(18-19)17(21)20-10-12-23-13-16(20)14-5-3-2-4-6-14/h2-8,16H,9-13H2,1H3. The van der Waals surface area contributed by atoms with Crippen LogP contribution < -0.4 is 0 Å². The summed E-state index contributed by atoms with van der Waals surface area (Å²) < 4.78 is 6.80. The summed E-state index contributed by atoms with van der Waals surface area (Å²) in [7, 11) is 1.66. The van der Waals surface area contributed by atoms with Crippen molar-refractivity contribution in [2.75, 3.05) is 31.8 Å². The van der Waals surface area contributed by atoms with Gasteiger partial charge in [0.05, 0.1) is 19.2 Å². The molecule has 122 valence electrons. The van der Waals surface area contributed by atoms with Crippen LogP contribution in [-0.2, 0) is 11.3 Å². The highest BCUT2D eigenvalue weighted by atomic mass is 32.2. The third-order valence-electron chi connectivity index (χ3n) is 3.96. The van der Waals surface area contributed by atoms with Crippen molar-refractivity contribution in [1.82, 2.24) is 14.7 Å². The molecule has 1 aliphatic heterocycles. The Balaban J connectivity index is 1.77. The first-order valence-electron chi connectivity index (χ1n) is 7.75. The van der Waals surface area contributed by atoms with Crippen molar-refractivity contribution >= 4 is 17.7 Å². The van der Waals surface area contributed by atoms with Gasteiger partial charge in [-0.3, -0.25) is 9.48 Å². The number of nitrogens with zero attached hydrogens (tertiary/aromatic N) is 3. The minimum atomic E-state index is 0.00956. The molecule has 1 unspecified atom stereocenters. The van der Waals surface area contributed by atoms with Crippen molar-refractivity contribution in [2.45, 2.75) is 12.6 Å². The van der Waals surface area contributed by atoms with Crippen LogP contribution in [0.25, 0.3) is 0 Å². The van der Waals surface area contributed by atoms with Crippen LogP contribution in [0.1, 0.15) is 22.1 Å². The zero-order chi connectivity index (χ0) is 16.1. The van der Waals surface area contributed by atoms with Crippen LogP contribution in [0.2, 0.25) is 0 Å². The van der Waals surface area contributed by atoms with Crippen LogP contribution >= 0.6 is 11.8 Å². The van der Waals surface area contributed by atoms with Crippen LogP contribution in [0.15, 0.2) is 42.6 Å². The van der Waals surface area contributed by atoms with E-state index in [4.69, 9.17) is 4.74 Å². The third-order valence-corrected chi connectivity index (χ3v) is 4.98. The number of hydrogen-bond acceptors (Lipinski definition) is 4.